The van der Waals surface area contributed by atoms with Gasteiger partial charge in [-0.2, -0.15) is 0 Å². The van der Waals surface area contributed by atoms with E-state index in [2.05, 4.69) is 25.7 Å². The zero-order valence-corrected chi connectivity index (χ0v) is 12.5. The first-order valence-corrected chi connectivity index (χ1v) is 7.89. The van der Waals surface area contributed by atoms with Crippen LogP contribution in [0.25, 0.3) is 0 Å². The molecule has 1 aliphatic heterocycles. The second-order valence-electron chi connectivity index (χ2n) is 7.57. The summed E-state index contributed by atoms with van der Waals surface area (Å²) in [5.41, 5.74) is 0.429. The molecule has 2 rings (SSSR count). The van der Waals surface area contributed by atoms with Gasteiger partial charge in [-0.3, -0.25) is 4.90 Å². The van der Waals surface area contributed by atoms with Crippen molar-refractivity contribution in [3.63, 3.8) is 0 Å². The standard InChI is InChI=1S/C16H31NO/c1-16(2,3)10-12-17-11-6-8-14(17)13-7-4-5-9-15(13)18/h13-15,18H,4-12H2,1-3H3. The summed E-state index contributed by atoms with van der Waals surface area (Å²) in [7, 11) is 0. The van der Waals surface area contributed by atoms with E-state index in [1.165, 1.54) is 51.6 Å². The molecule has 2 fully saturated rings. The van der Waals surface area contributed by atoms with Crippen LogP contribution in [-0.2, 0) is 0 Å². The number of rotatable bonds is 3. The van der Waals surface area contributed by atoms with Gasteiger partial charge in [0.05, 0.1) is 6.10 Å². The molecule has 2 aliphatic rings. The van der Waals surface area contributed by atoms with E-state index in [0.717, 1.165) is 6.42 Å². The Morgan fingerprint density at radius 1 is 1.06 bits per heavy atom. The third-order valence-electron chi connectivity index (χ3n) is 4.84. The molecule has 1 saturated carbocycles. The van der Waals surface area contributed by atoms with E-state index in [4.69, 9.17) is 0 Å². The summed E-state index contributed by atoms with van der Waals surface area (Å²) in [6.45, 7) is 9.45. The molecular formula is C16H31NO. The zero-order valence-electron chi connectivity index (χ0n) is 12.5. The Balaban J connectivity index is 1.90. The molecule has 1 N–H and O–H groups in total. The predicted octanol–water partition coefficient (Wildman–Crippen LogP) is 3.44. The van der Waals surface area contributed by atoms with E-state index in [0.29, 0.717) is 17.4 Å². The molecule has 0 aromatic rings. The highest BCUT2D eigenvalue weighted by Gasteiger charge is 2.36. The van der Waals surface area contributed by atoms with E-state index in [-0.39, 0.29) is 6.10 Å². The second-order valence-corrected chi connectivity index (χ2v) is 7.57. The van der Waals surface area contributed by atoms with Crippen LogP contribution in [0.15, 0.2) is 0 Å². The number of hydrogen-bond donors (Lipinski definition) is 1. The van der Waals surface area contributed by atoms with Gasteiger partial charge in [-0.05, 0) is 50.6 Å². The van der Waals surface area contributed by atoms with E-state index in [1.54, 1.807) is 0 Å². The zero-order chi connectivity index (χ0) is 13.2. The molecule has 106 valence electrons. The normalized spacial score (nSPS) is 35.0. The molecular weight excluding hydrogens is 222 g/mol. The summed E-state index contributed by atoms with van der Waals surface area (Å²) in [6, 6.07) is 0.669. The Labute approximate surface area is 113 Å². The molecule has 0 spiro atoms. The van der Waals surface area contributed by atoms with E-state index in [1.807, 2.05) is 0 Å². The number of likely N-dealkylation sites (tertiary alicyclic amines) is 1. The minimum absolute atomic E-state index is 0.0287. The van der Waals surface area contributed by atoms with Crippen molar-refractivity contribution in [3.05, 3.63) is 0 Å². The van der Waals surface area contributed by atoms with Crippen LogP contribution in [-0.4, -0.2) is 35.2 Å². The van der Waals surface area contributed by atoms with Crippen molar-refractivity contribution in [2.75, 3.05) is 13.1 Å². The topological polar surface area (TPSA) is 23.5 Å². The summed E-state index contributed by atoms with van der Waals surface area (Å²) in [5.74, 6) is 0.557. The maximum atomic E-state index is 10.2. The van der Waals surface area contributed by atoms with Gasteiger partial charge >= 0.3 is 0 Å². The van der Waals surface area contributed by atoms with E-state index >= 15 is 0 Å². The van der Waals surface area contributed by atoms with Crippen LogP contribution in [0.4, 0.5) is 0 Å². The van der Waals surface area contributed by atoms with Crippen LogP contribution in [0.5, 0.6) is 0 Å². The predicted molar refractivity (Wildman–Crippen MR) is 76.6 cm³/mol. The Hall–Kier alpha value is -0.0800. The minimum atomic E-state index is -0.0287. The minimum Gasteiger partial charge on any atom is -0.393 e. The lowest BCUT2D eigenvalue weighted by Crippen LogP contribution is -2.43. The van der Waals surface area contributed by atoms with Crippen LogP contribution >= 0.6 is 0 Å². The molecule has 3 unspecified atom stereocenters. The van der Waals surface area contributed by atoms with E-state index in [9.17, 15) is 5.11 Å². The van der Waals surface area contributed by atoms with Crippen molar-refractivity contribution < 1.29 is 5.11 Å². The van der Waals surface area contributed by atoms with Gasteiger partial charge in [0.1, 0.15) is 0 Å². The van der Waals surface area contributed by atoms with Crippen LogP contribution in [0.3, 0.4) is 0 Å². The number of nitrogens with zero attached hydrogens (tertiary/aromatic N) is 1. The third-order valence-corrected chi connectivity index (χ3v) is 4.84. The van der Waals surface area contributed by atoms with Crippen molar-refractivity contribution in [2.24, 2.45) is 11.3 Å². The van der Waals surface area contributed by atoms with Crippen molar-refractivity contribution in [3.8, 4) is 0 Å². The Bertz CT molecular complexity index is 258. The first kappa shape index (κ1) is 14.3. The Morgan fingerprint density at radius 3 is 2.44 bits per heavy atom. The summed E-state index contributed by atoms with van der Waals surface area (Å²) >= 11 is 0. The van der Waals surface area contributed by atoms with Gasteiger partial charge in [0.25, 0.3) is 0 Å². The average molecular weight is 253 g/mol. The maximum absolute atomic E-state index is 10.2. The van der Waals surface area contributed by atoms with Gasteiger partial charge in [-0.25, -0.2) is 0 Å². The smallest absolute Gasteiger partial charge is 0.0583 e. The number of aliphatic hydroxyl groups excluding tert-OH is 1. The molecule has 1 aliphatic carbocycles. The van der Waals surface area contributed by atoms with E-state index < -0.39 is 0 Å². The molecule has 2 heteroatoms. The van der Waals surface area contributed by atoms with Gasteiger partial charge in [0.15, 0.2) is 0 Å². The van der Waals surface area contributed by atoms with Crippen molar-refractivity contribution in [1.82, 2.24) is 4.90 Å². The van der Waals surface area contributed by atoms with Gasteiger partial charge < -0.3 is 5.11 Å². The van der Waals surface area contributed by atoms with Crippen molar-refractivity contribution in [1.29, 1.82) is 0 Å². The summed E-state index contributed by atoms with van der Waals surface area (Å²) in [4.78, 5) is 2.67. The highest BCUT2D eigenvalue weighted by atomic mass is 16.3. The van der Waals surface area contributed by atoms with Gasteiger partial charge in [0, 0.05) is 12.0 Å². The Kier molecular flexibility index (Phi) is 4.71. The average Bonchev–Trinajstić information content (AvgIpc) is 2.74. The fourth-order valence-corrected chi connectivity index (χ4v) is 3.68. The van der Waals surface area contributed by atoms with Gasteiger partial charge in [-0.1, -0.05) is 33.6 Å². The van der Waals surface area contributed by atoms with Crippen LogP contribution in [0, 0.1) is 11.3 Å². The molecule has 18 heavy (non-hydrogen) atoms. The van der Waals surface area contributed by atoms with Gasteiger partial charge in [0.2, 0.25) is 0 Å². The van der Waals surface area contributed by atoms with Gasteiger partial charge in [-0.15, -0.1) is 0 Å². The van der Waals surface area contributed by atoms with Crippen LogP contribution in [0.2, 0.25) is 0 Å². The quantitative estimate of drug-likeness (QED) is 0.833. The monoisotopic (exact) mass is 253 g/mol. The third kappa shape index (κ3) is 3.71. The molecule has 2 nitrogen and oxygen atoms in total. The largest absolute Gasteiger partial charge is 0.393 e. The lowest BCUT2D eigenvalue weighted by atomic mass is 9.80. The first-order valence-electron chi connectivity index (χ1n) is 7.89. The molecule has 1 saturated heterocycles. The molecule has 0 aromatic heterocycles. The molecule has 0 radical (unpaired) electrons. The molecule has 0 aromatic carbocycles. The first-order chi connectivity index (χ1) is 8.47. The molecule has 0 amide bonds. The van der Waals surface area contributed by atoms with Crippen molar-refractivity contribution >= 4 is 0 Å². The highest BCUT2D eigenvalue weighted by molar-refractivity contribution is 4.90. The summed E-state index contributed by atoms with van der Waals surface area (Å²) in [6.07, 6.45) is 8.72. The van der Waals surface area contributed by atoms with Crippen molar-refractivity contribution in [2.45, 2.75) is 77.9 Å². The van der Waals surface area contributed by atoms with Crippen LogP contribution in [0.1, 0.15) is 65.7 Å². The number of aliphatic hydroxyl groups is 1. The fraction of sp³-hybridized carbons (Fsp3) is 1.00. The maximum Gasteiger partial charge on any atom is 0.0583 e. The number of hydrogen-bond acceptors (Lipinski definition) is 2. The second kappa shape index (κ2) is 5.92. The lowest BCUT2D eigenvalue weighted by Gasteiger charge is -2.38. The Morgan fingerprint density at radius 2 is 1.78 bits per heavy atom. The summed E-state index contributed by atoms with van der Waals surface area (Å²) < 4.78 is 0. The highest BCUT2D eigenvalue weighted by Crippen LogP contribution is 2.35. The lowest BCUT2D eigenvalue weighted by molar-refractivity contribution is 0.0200. The SMILES string of the molecule is CC(C)(C)CCN1CCCC1C1CCCCC1O. The van der Waals surface area contributed by atoms with Crippen LogP contribution < -0.4 is 0 Å². The molecule has 3 atom stereocenters. The fourth-order valence-electron chi connectivity index (χ4n) is 3.68. The summed E-state index contributed by atoms with van der Waals surface area (Å²) in [5, 5.41) is 10.2. The molecule has 1 heterocycles. The molecule has 0 bridgehead atoms.